The Bertz CT molecular complexity index is 1290. The number of hydrogen-bond donors (Lipinski definition) is 1. The summed E-state index contributed by atoms with van der Waals surface area (Å²) in [6, 6.07) is 14.7. The second-order valence-electron chi connectivity index (χ2n) is 12.0. The van der Waals surface area contributed by atoms with E-state index in [9.17, 15) is 4.79 Å². The number of rotatable bonds is 9. The monoisotopic (exact) mass is 603 g/mol. The predicted octanol–water partition coefficient (Wildman–Crippen LogP) is 3.94. The molecular formula is C34H49N7O3. The summed E-state index contributed by atoms with van der Waals surface area (Å²) in [4.78, 5) is 29.2. The molecule has 3 aliphatic heterocycles. The second kappa shape index (κ2) is 16.6. The summed E-state index contributed by atoms with van der Waals surface area (Å²) in [5.41, 5.74) is 4.48. The quantitative estimate of drug-likeness (QED) is 0.289. The molecule has 44 heavy (non-hydrogen) atoms. The van der Waals surface area contributed by atoms with Gasteiger partial charge in [0.1, 0.15) is 12.1 Å². The van der Waals surface area contributed by atoms with E-state index in [1.165, 1.54) is 25.2 Å². The first-order valence-corrected chi connectivity index (χ1v) is 16.2. The molecule has 1 amide bonds. The number of morpholine rings is 1. The highest BCUT2D eigenvalue weighted by Gasteiger charge is 2.22. The summed E-state index contributed by atoms with van der Waals surface area (Å²) < 4.78 is 11.3. The van der Waals surface area contributed by atoms with Crippen molar-refractivity contribution in [2.75, 3.05) is 103 Å². The molecule has 1 aromatic heterocycles. The third-order valence-corrected chi connectivity index (χ3v) is 8.94. The molecule has 1 N–H and O–H groups in total. The highest BCUT2D eigenvalue weighted by Crippen LogP contribution is 2.32. The first-order chi connectivity index (χ1) is 21.6. The topological polar surface area (TPSA) is 86.3 Å². The van der Waals surface area contributed by atoms with E-state index >= 15 is 0 Å². The number of piperidine rings is 1. The molecule has 3 aliphatic rings. The molecule has 10 nitrogen and oxygen atoms in total. The molecule has 0 aliphatic carbocycles. The summed E-state index contributed by atoms with van der Waals surface area (Å²) in [6.07, 6.45) is 6.79. The van der Waals surface area contributed by atoms with E-state index in [0.29, 0.717) is 5.92 Å². The van der Waals surface area contributed by atoms with Gasteiger partial charge < -0.3 is 34.4 Å². The molecule has 0 unspecified atom stereocenters. The van der Waals surface area contributed by atoms with Crippen molar-refractivity contribution in [2.24, 2.45) is 0 Å². The molecule has 0 saturated carbocycles. The smallest absolute Gasteiger partial charge is 0.209 e. The van der Waals surface area contributed by atoms with Gasteiger partial charge in [0.15, 0.2) is 0 Å². The van der Waals surface area contributed by atoms with Crippen LogP contribution < -0.4 is 15.0 Å². The number of ether oxygens (including phenoxy) is 2. The first-order valence-electron chi connectivity index (χ1n) is 16.2. The molecule has 0 spiro atoms. The molecule has 3 saturated heterocycles. The van der Waals surface area contributed by atoms with Gasteiger partial charge in [-0.25, -0.2) is 9.97 Å². The van der Waals surface area contributed by atoms with E-state index in [4.69, 9.17) is 9.47 Å². The third kappa shape index (κ3) is 9.03. The summed E-state index contributed by atoms with van der Waals surface area (Å²) in [5.74, 6) is 1.25. The number of carbonyl (C=O) groups is 1. The molecule has 10 heteroatoms. The molecule has 238 valence electrons. The lowest BCUT2D eigenvalue weighted by molar-refractivity contribution is -0.119. The number of likely N-dealkylation sites (tertiary alicyclic amines) is 1. The number of hydrogen-bond acceptors (Lipinski definition) is 9. The molecule has 4 heterocycles. The van der Waals surface area contributed by atoms with Gasteiger partial charge in [0, 0.05) is 81.6 Å². The number of anilines is 2. The third-order valence-electron chi connectivity index (χ3n) is 8.94. The highest BCUT2D eigenvalue weighted by molar-refractivity contribution is 5.82. The van der Waals surface area contributed by atoms with Crippen molar-refractivity contribution in [1.82, 2.24) is 24.7 Å². The van der Waals surface area contributed by atoms with Crippen LogP contribution in [0.1, 0.15) is 37.3 Å². The van der Waals surface area contributed by atoms with Crippen LogP contribution in [0, 0.1) is 0 Å². The lowest BCUT2D eigenvalue weighted by atomic mass is 9.91. The summed E-state index contributed by atoms with van der Waals surface area (Å²) in [5, 5.41) is 4.21. The van der Waals surface area contributed by atoms with Crippen LogP contribution in [0.4, 0.5) is 11.4 Å². The van der Waals surface area contributed by atoms with Crippen LogP contribution in [0.15, 0.2) is 48.8 Å². The molecular weight excluding hydrogens is 554 g/mol. The summed E-state index contributed by atoms with van der Waals surface area (Å²) in [6.45, 7) is 11.8. The lowest BCUT2D eigenvalue weighted by Gasteiger charge is -2.29. The Labute approximate surface area is 262 Å². The van der Waals surface area contributed by atoms with E-state index in [1.54, 1.807) is 6.33 Å². The van der Waals surface area contributed by atoms with Crippen LogP contribution in [0.5, 0.6) is 5.75 Å². The number of nitrogens with one attached hydrogen (secondary N) is 1. The minimum Gasteiger partial charge on any atom is -0.493 e. The molecule has 0 bridgehead atoms. The Morgan fingerprint density at radius 2 is 1.75 bits per heavy atom. The van der Waals surface area contributed by atoms with E-state index in [1.807, 2.05) is 24.1 Å². The van der Waals surface area contributed by atoms with Crippen molar-refractivity contribution in [3.63, 3.8) is 0 Å². The van der Waals surface area contributed by atoms with Gasteiger partial charge in [-0.15, -0.1) is 0 Å². The standard InChI is InChI=1S/C23H33N5O2.C11H16N2O/c1-26-8-2-9-27(14-13-26)10-3-15-30-20-4-5-21-22(16-20)24-17-25-23(21)19-6-11-28(18-29)12-7-19;1-12-10-2-4-11(5-3-10)13-6-8-14-9-7-13/h4-5,16-19H,2-3,6-15H2,1H3;2-5,12H,6-9H2,1H3. The van der Waals surface area contributed by atoms with Crippen molar-refractivity contribution in [1.29, 1.82) is 0 Å². The Morgan fingerprint density at radius 3 is 2.50 bits per heavy atom. The zero-order valence-electron chi connectivity index (χ0n) is 26.5. The van der Waals surface area contributed by atoms with Crippen LogP contribution in [0.3, 0.4) is 0 Å². The Kier molecular flexibility index (Phi) is 12.0. The number of amides is 1. The van der Waals surface area contributed by atoms with Crippen LogP contribution >= 0.6 is 0 Å². The normalized spacial score (nSPS) is 18.8. The molecule has 0 radical (unpaired) electrons. The fraction of sp³-hybridized carbons (Fsp3) is 0.559. The number of aromatic nitrogens is 2. The van der Waals surface area contributed by atoms with E-state index in [0.717, 1.165) is 119 Å². The zero-order chi connectivity index (χ0) is 30.6. The largest absolute Gasteiger partial charge is 0.493 e. The summed E-state index contributed by atoms with van der Waals surface area (Å²) >= 11 is 0. The highest BCUT2D eigenvalue weighted by atomic mass is 16.5. The first kappa shape index (κ1) is 31.9. The van der Waals surface area contributed by atoms with Gasteiger partial charge in [0.05, 0.1) is 31.0 Å². The number of carbonyl (C=O) groups excluding carboxylic acids is 1. The zero-order valence-corrected chi connectivity index (χ0v) is 26.5. The maximum absolute atomic E-state index is 11.0. The Balaban J connectivity index is 0.000000229. The van der Waals surface area contributed by atoms with Crippen molar-refractivity contribution in [3.8, 4) is 5.75 Å². The van der Waals surface area contributed by atoms with Crippen LogP contribution in [-0.2, 0) is 9.53 Å². The SMILES string of the molecule is CN1CCCN(CCCOc2ccc3c(C4CCN(C=O)CC4)ncnc3c2)CC1.CNc1ccc(N2CCOCC2)cc1. The second-order valence-corrected chi connectivity index (χ2v) is 12.0. The van der Waals surface area contributed by atoms with Crippen molar-refractivity contribution in [2.45, 2.75) is 31.6 Å². The lowest BCUT2D eigenvalue weighted by Crippen LogP contribution is -2.36. The van der Waals surface area contributed by atoms with E-state index < -0.39 is 0 Å². The minimum atomic E-state index is 0.381. The molecule has 2 aromatic carbocycles. The number of likely N-dealkylation sites (N-methyl/N-ethyl adjacent to an activating group) is 1. The average Bonchev–Trinajstić information content (AvgIpc) is 3.30. The molecule has 6 rings (SSSR count). The van der Waals surface area contributed by atoms with E-state index in [2.05, 4.69) is 67.4 Å². The fourth-order valence-electron chi connectivity index (χ4n) is 6.21. The average molecular weight is 604 g/mol. The molecule has 3 fully saturated rings. The molecule has 0 atom stereocenters. The minimum absolute atomic E-state index is 0.381. The predicted molar refractivity (Wildman–Crippen MR) is 177 cm³/mol. The van der Waals surface area contributed by atoms with Crippen molar-refractivity contribution < 1.29 is 14.3 Å². The van der Waals surface area contributed by atoms with Gasteiger partial charge in [-0.2, -0.15) is 0 Å². The van der Waals surface area contributed by atoms with Crippen LogP contribution in [0.25, 0.3) is 10.9 Å². The van der Waals surface area contributed by atoms with Gasteiger partial charge in [-0.1, -0.05) is 0 Å². The van der Waals surface area contributed by atoms with Crippen molar-refractivity contribution in [3.05, 3.63) is 54.5 Å². The van der Waals surface area contributed by atoms with Gasteiger partial charge >= 0.3 is 0 Å². The van der Waals surface area contributed by atoms with Gasteiger partial charge in [0.2, 0.25) is 6.41 Å². The van der Waals surface area contributed by atoms with Gasteiger partial charge in [-0.05, 0) is 82.2 Å². The maximum Gasteiger partial charge on any atom is 0.209 e. The number of benzene rings is 2. The van der Waals surface area contributed by atoms with Crippen molar-refractivity contribution >= 4 is 28.7 Å². The fourth-order valence-corrected chi connectivity index (χ4v) is 6.21. The molecule has 3 aromatic rings. The maximum atomic E-state index is 11.0. The van der Waals surface area contributed by atoms with E-state index in [-0.39, 0.29) is 0 Å². The number of fused-ring (bicyclic) bond motifs is 1. The van der Waals surface area contributed by atoms with Gasteiger partial charge in [-0.3, -0.25) is 4.79 Å². The Morgan fingerprint density at radius 1 is 0.955 bits per heavy atom. The Hall–Kier alpha value is -3.47. The van der Waals surface area contributed by atoms with Crippen LogP contribution in [0.2, 0.25) is 0 Å². The van der Waals surface area contributed by atoms with Gasteiger partial charge in [0.25, 0.3) is 0 Å². The van der Waals surface area contributed by atoms with Crippen LogP contribution in [-0.4, -0.2) is 124 Å². The summed E-state index contributed by atoms with van der Waals surface area (Å²) in [7, 11) is 4.14. The number of nitrogens with zero attached hydrogens (tertiary/aromatic N) is 6.